The van der Waals surface area contributed by atoms with Gasteiger partial charge in [-0.3, -0.25) is 4.79 Å². The molecule has 0 spiro atoms. The number of carbonyl (C=O) groups is 1. The Morgan fingerprint density at radius 1 is 1.18 bits per heavy atom. The zero-order valence-electron chi connectivity index (χ0n) is 13.6. The van der Waals surface area contributed by atoms with Crippen molar-refractivity contribution in [3.05, 3.63) is 0 Å². The molecule has 6 heteroatoms. The van der Waals surface area contributed by atoms with Crippen molar-refractivity contribution < 1.29 is 28.5 Å². The number of carbonyl (C=O) groups excluding carboxylic acids is 1. The molecule has 3 rings (SSSR count). The first-order valence-electron chi connectivity index (χ1n) is 8.21. The largest absolute Gasteiger partial charge is 0.463 e. The third kappa shape index (κ3) is 3.30. The fraction of sp³-hybridized carbons (Fsp3) is 0.938. The van der Waals surface area contributed by atoms with Crippen molar-refractivity contribution in [2.45, 2.75) is 76.3 Å². The smallest absolute Gasteiger partial charge is 0.309 e. The standard InChI is InChI=1S/C16H26O6/c1-16(2)21-13-12(18-3)11(20-15(13)22-16)9-19-14(17)10-7-5-4-6-8-10/h10-13,15H,4-9H2,1-3H3/t11-,12+,13-,15+/m0/s1. The molecule has 0 N–H and O–H groups in total. The minimum Gasteiger partial charge on any atom is -0.463 e. The van der Waals surface area contributed by atoms with Gasteiger partial charge in [-0.05, 0) is 26.7 Å². The Morgan fingerprint density at radius 2 is 1.91 bits per heavy atom. The second-order valence-electron chi connectivity index (χ2n) is 6.81. The van der Waals surface area contributed by atoms with E-state index in [2.05, 4.69) is 0 Å². The van der Waals surface area contributed by atoms with E-state index in [4.69, 9.17) is 23.7 Å². The molecule has 2 aliphatic heterocycles. The highest BCUT2D eigenvalue weighted by atomic mass is 16.8. The van der Waals surface area contributed by atoms with E-state index in [0.717, 1.165) is 25.7 Å². The van der Waals surface area contributed by atoms with Crippen molar-refractivity contribution in [2.75, 3.05) is 13.7 Å². The number of ether oxygens (including phenoxy) is 5. The number of methoxy groups -OCH3 is 1. The van der Waals surface area contributed by atoms with Gasteiger partial charge in [0.05, 0.1) is 5.92 Å². The van der Waals surface area contributed by atoms with E-state index in [-0.39, 0.29) is 36.8 Å². The predicted molar refractivity (Wildman–Crippen MR) is 77.0 cm³/mol. The van der Waals surface area contributed by atoms with Gasteiger partial charge in [-0.1, -0.05) is 19.3 Å². The third-order valence-corrected chi connectivity index (χ3v) is 4.69. The van der Waals surface area contributed by atoms with Crippen LogP contribution in [0.25, 0.3) is 0 Å². The molecule has 22 heavy (non-hydrogen) atoms. The van der Waals surface area contributed by atoms with E-state index in [1.165, 1.54) is 6.42 Å². The van der Waals surface area contributed by atoms with Gasteiger partial charge in [0.15, 0.2) is 12.1 Å². The summed E-state index contributed by atoms with van der Waals surface area (Å²) >= 11 is 0. The summed E-state index contributed by atoms with van der Waals surface area (Å²) in [7, 11) is 1.61. The van der Waals surface area contributed by atoms with Crippen LogP contribution in [0, 0.1) is 5.92 Å². The summed E-state index contributed by atoms with van der Waals surface area (Å²) < 4.78 is 28.3. The second-order valence-corrected chi connectivity index (χ2v) is 6.81. The van der Waals surface area contributed by atoms with Gasteiger partial charge in [-0.25, -0.2) is 0 Å². The van der Waals surface area contributed by atoms with Crippen molar-refractivity contribution in [2.24, 2.45) is 5.92 Å². The Labute approximate surface area is 131 Å². The van der Waals surface area contributed by atoms with Crippen LogP contribution in [0.5, 0.6) is 0 Å². The number of esters is 1. The van der Waals surface area contributed by atoms with Crippen LogP contribution in [0.4, 0.5) is 0 Å². The van der Waals surface area contributed by atoms with E-state index in [1.807, 2.05) is 13.8 Å². The monoisotopic (exact) mass is 314 g/mol. The first-order valence-corrected chi connectivity index (χ1v) is 8.21. The van der Waals surface area contributed by atoms with Crippen molar-refractivity contribution in [3.63, 3.8) is 0 Å². The van der Waals surface area contributed by atoms with Crippen molar-refractivity contribution in [1.29, 1.82) is 0 Å². The van der Waals surface area contributed by atoms with Crippen molar-refractivity contribution in [3.8, 4) is 0 Å². The van der Waals surface area contributed by atoms with Crippen LogP contribution in [0.3, 0.4) is 0 Å². The molecule has 1 saturated carbocycles. The van der Waals surface area contributed by atoms with Crippen LogP contribution in [-0.4, -0.2) is 50.1 Å². The molecule has 0 unspecified atom stereocenters. The minimum absolute atomic E-state index is 0.0436. The number of rotatable bonds is 4. The van der Waals surface area contributed by atoms with Crippen LogP contribution >= 0.6 is 0 Å². The van der Waals surface area contributed by atoms with Gasteiger partial charge in [0, 0.05) is 7.11 Å². The molecular formula is C16H26O6. The molecule has 126 valence electrons. The molecule has 4 atom stereocenters. The maximum Gasteiger partial charge on any atom is 0.309 e. The normalized spacial score (nSPS) is 38.0. The van der Waals surface area contributed by atoms with Crippen LogP contribution in [0.1, 0.15) is 46.0 Å². The van der Waals surface area contributed by atoms with E-state index in [1.54, 1.807) is 7.11 Å². The lowest BCUT2D eigenvalue weighted by Crippen LogP contribution is -2.39. The fourth-order valence-electron chi connectivity index (χ4n) is 3.59. The van der Waals surface area contributed by atoms with E-state index < -0.39 is 12.1 Å². The van der Waals surface area contributed by atoms with Gasteiger partial charge in [0.1, 0.15) is 24.9 Å². The van der Waals surface area contributed by atoms with Crippen LogP contribution in [0.2, 0.25) is 0 Å². The SMILES string of the molecule is CO[C@H]1[C@@H]2OC(C)(C)O[C@H]2O[C@H]1COC(=O)C1CCCCC1. The number of hydrogen-bond acceptors (Lipinski definition) is 6. The topological polar surface area (TPSA) is 63.2 Å². The molecular weight excluding hydrogens is 288 g/mol. The molecule has 0 radical (unpaired) electrons. The van der Waals surface area contributed by atoms with Crippen LogP contribution in [0.15, 0.2) is 0 Å². The van der Waals surface area contributed by atoms with E-state index in [9.17, 15) is 4.79 Å². The summed E-state index contributed by atoms with van der Waals surface area (Å²) in [6.07, 6.45) is 3.94. The van der Waals surface area contributed by atoms with Gasteiger partial charge in [-0.2, -0.15) is 0 Å². The number of hydrogen-bond donors (Lipinski definition) is 0. The van der Waals surface area contributed by atoms with Gasteiger partial charge in [0.2, 0.25) is 0 Å². The average Bonchev–Trinajstić information content (AvgIpc) is 2.96. The molecule has 2 heterocycles. The summed E-state index contributed by atoms with van der Waals surface area (Å²) in [5.74, 6) is -0.741. The summed E-state index contributed by atoms with van der Waals surface area (Å²) in [4.78, 5) is 12.1. The highest BCUT2D eigenvalue weighted by molar-refractivity contribution is 5.72. The molecule has 6 nitrogen and oxygen atoms in total. The van der Waals surface area contributed by atoms with Crippen LogP contribution < -0.4 is 0 Å². The Bertz CT molecular complexity index is 403. The molecule has 3 fully saturated rings. The van der Waals surface area contributed by atoms with E-state index in [0.29, 0.717) is 0 Å². The lowest BCUT2D eigenvalue weighted by atomic mass is 9.89. The molecule has 0 bridgehead atoms. The summed E-state index contributed by atoms with van der Waals surface area (Å²) in [5.41, 5.74) is 0. The maximum atomic E-state index is 12.1. The molecule has 0 aromatic rings. The lowest BCUT2D eigenvalue weighted by molar-refractivity contribution is -0.222. The van der Waals surface area contributed by atoms with Crippen molar-refractivity contribution >= 4 is 5.97 Å². The van der Waals surface area contributed by atoms with Gasteiger partial charge in [0.25, 0.3) is 0 Å². The fourth-order valence-corrected chi connectivity index (χ4v) is 3.59. The second kappa shape index (κ2) is 6.43. The lowest BCUT2D eigenvalue weighted by Gasteiger charge is -2.25. The quantitative estimate of drug-likeness (QED) is 0.740. The zero-order valence-corrected chi connectivity index (χ0v) is 13.6. The van der Waals surface area contributed by atoms with E-state index >= 15 is 0 Å². The summed E-state index contributed by atoms with van der Waals surface area (Å²) in [6.45, 7) is 3.88. The third-order valence-electron chi connectivity index (χ3n) is 4.69. The van der Waals surface area contributed by atoms with Gasteiger partial charge < -0.3 is 23.7 Å². The predicted octanol–water partition coefficient (Wildman–Crippen LogP) is 2.00. The molecule has 1 aliphatic carbocycles. The van der Waals surface area contributed by atoms with Gasteiger partial charge in [-0.15, -0.1) is 0 Å². The van der Waals surface area contributed by atoms with Crippen molar-refractivity contribution in [1.82, 2.24) is 0 Å². The Morgan fingerprint density at radius 3 is 2.59 bits per heavy atom. The maximum absolute atomic E-state index is 12.1. The highest BCUT2D eigenvalue weighted by Crippen LogP contribution is 2.38. The minimum atomic E-state index is -0.671. The molecule has 0 aromatic heterocycles. The first-order chi connectivity index (χ1) is 10.5. The Hall–Kier alpha value is -0.690. The highest BCUT2D eigenvalue weighted by Gasteiger charge is 2.55. The molecule has 0 amide bonds. The van der Waals surface area contributed by atoms with Crippen LogP contribution in [-0.2, 0) is 28.5 Å². The molecule has 2 saturated heterocycles. The number of fused-ring (bicyclic) bond motifs is 1. The zero-order chi connectivity index (χ0) is 15.7. The first kappa shape index (κ1) is 16.2. The Balaban J connectivity index is 1.52. The molecule has 0 aromatic carbocycles. The average molecular weight is 314 g/mol. The Kier molecular flexibility index (Phi) is 4.73. The van der Waals surface area contributed by atoms with Gasteiger partial charge >= 0.3 is 5.97 Å². The molecule has 3 aliphatic rings. The summed E-state index contributed by atoms with van der Waals surface area (Å²) in [6, 6.07) is 0. The summed E-state index contributed by atoms with van der Waals surface area (Å²) in [5, 5.41) is 0.